The van der Waals surface area contributed by atoms with Crippen LogP contribution >= 0.6 is 0 Å². The maximum absolute atomic E-state index is 13.2. The molecule has 6 nitrogen and oxygen atoms in total. The van der Waals surface area contributed by atoms with E-state index in [1.165, 1.54) is 24.3 Å². The standard InChI is InChI=1S/C20H28F2N2O4S/c21-20(22)28-18-3-5-19(6-4-18)29(25,26)24-16-1-2-17(24)12-15(11-16)23-13-14-7-9-27-10-8-14/h3-6,14-17,20,23H,1-2,7-13H2/t15?,16-,17+. The van der Waals surface area contributed by atoms with Gasteiger partial charge in [0, 0.05) is 31.3 Å². The number of hydrogen-bond donors (Lipinski definition) is 1. The highest BCUT2D eigenvalue weighted by Crippen LogP contribution is 2.40. The molecule has 3 saturated heterocycles. The number of sulfonamides is 1. The van der Waals surface area contributed by atoms with Crippen LogP contribution in [0.3, 0.4) is 0 Å². The Morgan fingerprint density at radius 2 is 1.69 bits per heavy atom. The fourth-order valence-electron chi connectivity index (χ4n) is 4.89. The summed E-state index contributed by atoms with van der Waals surface area (Å²) in [4.78, 5) is 0.129. The summed E-state index contributed by atoms with van der Waals surface area (Å²) in [6.45, 7) is -0.308. The van der Waals surface area contributed by atoms with Crippen LogP contribution in [0.4, 0.5) is 8.78 Å². The zero-order valence-corrected chi connectivity index (χ0v) is 17.1. The number of alkyl halides is 2. The molecule has 2 bridgehead atoms. The first-order chi connectivity index (χ1) is 13.9. The lowest BCUT2D eigenvalue weighted by Crippen LogP contribution is -2.52. The highest BCUT2D eigenvalue weighted by Gasteiger charge is 2.47. The third-order valence-corrected chi connectivity index (χ3v) is 8.35. The number of hydrogen-bond acceptors (Lipinski definition) is 5. The van der Waals surface area contributed by atoms with Crippen molar-refractivity contribution in [3.63, 3.8) is 0 Å². The average molecular weight is 431 g/mol. The van der Waals surface area contributed by atoms with Crippen LogP contribution in [0, 0.1) is 5.92 Å². The molecule has 0 radical (unpaired) electrons. The van der Waals surface area contributed by atoms with E-state index in [1.807, 2.05) is 0 Å². The molecule has 4 rings (SSSR count). The second kappa shape index (κ2) is 8.83. The molecule has 3 aliphatic heterocycles. The summed E-state index contributed by atoms with van der Waals surface area (Å²) in [6, 6.07) is 5.57. The van der Waals surface area contributed by atoms with Crippen LogP contribution in [0.2, 0.25) is 0 Å². The number of halogens is 2. The van der Waals surface area contributed by atoms with E-state index in [0.717, 1.165) is 58.3 Å². The molecule has 3 aliphatic rings. The van der Waals surface area contributed by atoms with Gasteiger partial charge in [-0.2, -0.15) is 13.1 Å². The molecule has 162 valence electrons. The van der Waals surface area contributed by atoms with Crippen molar-refractivity contribution in [2.24, 2.45) is 5.92 Å². The van der Waals surface area contributed by atoms with Gasteiger partial charge in [-0.25, -0.2) is 8.42 Å². The Hall–Kier alpha value is -1.29. The van der Waals surface area contributed by atoms with Gasteiger partial charge in [0.2, 0.25) is 10.0 Å². The molecule has 9 heteroatoms. The van der Waals surface area contributed by atoms with Gasteiger partial charge in [-0.1, -0.05) is 0 Å². The van der Waals surface area contributed by atoms with Gasteiger partial charge >= 0.3 is 6.61 Å². The summed E-state index contributed by atoms with van der Waals surface area (Å²) in [6.07, 6.45) is 5.52. The third kappa shape index (κ3) is 4.73. The molecule has 3 fully saturated rings. The zero-order chi connectivity index (χ0) is 20.4. The number of piperidine rings is 1. The van der Waals surface area contributed by atoms with E-state index in [0.29, 0.717) is 12.0 Å². The van der Waals surface area contributed by atoms with Crippen molar-refractivity contribution in [1.29, 1.82) is 0 Å². The van der Waals surface area contributed by atoms with Crippen LogP contribution in [0.15, 0.2) is 29.2 Å². The lowest BCUT2D eigenvalue weighted by Gasteiger charge is -2.39. The molecule has 0 spiro atoms. The highest BCUT2D eigenvalue weighted by molar-refractivity contribution is 7.89. The first-order valence-electron chi connectivity index (χ1n) is 10.3. The largest absolute Gasteiger partial charge is 0.435 e. The Balaban J connectivity index is 1.39. The van der Waals surface area contributed by atoms with Crippen LogP contribution in [0.1, 0.15) is 38.5 Å². The highest BCUT2D eigenvalue weighted by atomic mass is 32.2. The van der Waals surface area contributed by atoms with Crippen molar-refractivity contribution in [3.05, 3.63) is 24.3 Å². The van der Waals surface area contributed by atoms with Crippen molar-refractivity contribution < 1.29 is 26.7 Å². The number of fused-ring (bicyclic) bond motifs is 2. The molecule has 3 heterocycles. The molecule has 0 amide bonds. The predicted molar refractivity (Wildman–Crippen MR) is 103 cm³/mol. The van der Waals surface area contributed by atoms with Crippen molar-refractivity contribution in [2.75, 3.05) is 19.8 Å². The Morgan fingerprint density at radius 1 is 1.07 bits per heavy atom. The fraction of sp³-hybridized carbons (Fsp3) is 0.700. The van der Waals surface area contributed by atoms with E-state index in [2.05, 4.69) is 10.1 Å². The van der Waals surface area contributed by atoms with Crippen LogP contribution < -0.4 is 10.1 Å². The average Bonchev–Trinajstić information content (AvgIpc) is 2.99. The Labute approximate surface area is 170 Å². The van der Waals surface area contributed by atoms with Crippen molar-refractivity contribution in [2.45, 2.75) is 68.2 Å². The molecule has 1 aromatic rings. The van der Waals surface area contributed by atoms with E-state index in [1.54, 1.807) is 4.31 Å². The van der Waals surface area contributed by atoms with Crippen LogP contribution in [0.5, 0.6) is 5.75 Å². The fourth-order valence-corrected chi connectivity index (χ4v) is 6.78. The summed E-state index contributed by atoms with van der Waals surface area (Å²) in [5.74, 6) is 0.593. The first kappa shape index (κ1) is 21.0. The number of benzene rings is 1. The van der Waals surface area contributed by atoms with Gasteiger partial charge in [-0.05, 0) is 75.3 Å². The minimum atomic E-state index is -3.66. The van der Waals surface area contributed by atoms with Gasteiger partial charge in [-0.15, -0.1) is 0 Å². The third-order valence-electron chi connectivity index (χ3n) is 6.33. The molecule has 29 heavy (non-hydrogen) atoms. The van der Waals surface area contributed by atoms with E-state index in [4.69, 9.17) is 4.74 Å². The second-order valence-corrected chi connectivity index (χ2v) is 10.0. The van der Waals surface area contributed by atoms with Gasteiger partial charge < -0.3 is 14.8 Å². The molecule has 0 aromatic heterocycles. The SMILES string of the molecule is O=S(=O)(c1ccc(OC(F)F)cc1)N1[C@@H]2CC[C@H]1CC(NCC1CCOCC1)C2. The summed E-state index contributed by atoms with van der Waals surface area (Å²) in [7, 11) is -3.66. The van der Waals surface area contributed by atoms with Gasteiger partial charge in [0.05, 0.1) is 4.90 Å². The van der Waals surface area contributed by atoms with E-state index < -0.39 is 16.6 Å². The maximum atomic E-state index is 13.2. The number of ether oxygens (including phenoxy) is 2. The predicted octanol–water partition coefficient (Wildman–Crippen LogP) is 2.99. The zero-order valence-electron chi connectivity index (χ0n) is 16.3. The Kier molecular flexibility index (Phi) is 6.38. The monoisotopic (exact) mass is 430 g/mol. The normalized spacial score (nSPS) is 28.7. The minimum absolute atomic E-state index is 0.0112. The minimum Gasteiger partial charge on any atom is -0.435 e. The molecule has 0 aliphatic carbocycles. The van der Waals surface area contributed by atoms with Gasteiger partial charge in [0.15, 0.2) is 0 Å². The van der Waals surface area contributed by atoms with E-state index in [9.17, 15) is 17.2 Å². The molecular formula is C20H28F2N2O4S. The van der Waals surface area contributed by atoms with Gasteiger partial charge in [0.1, 0.15) is 5.75 Å². The van der Waals surface area contributed by atoms with Crippen molar-refractivity contribution in [1.82, 2.24) is 9.62 Å². The van der Waals surface area contributed by atoms with Crippen molar-refractivity contribution >= 4 is 10.0 Å². The molecule has 3 atom stereocenters. The topological polar surface area (TPSA) is 67.9 Å². The molecule has 1 aromatic carbocycles. The van der Waals surface area contributed by atoms with Crippen LogP contribution in [-0.4, -0.2) is 57.2 Å². The smallest absolute Gasteiger partial charge is 0.387 e. The number of nitrogens with zero attached hydrogens (tertiary/aromatic N) is 1. The number of rotatable bonds is 7. The van der Waals surface area contributed by atoms with Crippen LogP contribution in [-0.2, 0) is 14.8 Å². The van der Waals surface area contributed by atoms with Gasteiger partial charge in [0.25, 0.3) is 0 Å². The van der Waals surface area contributed by atoms with E-state index >= 15 is 0 Å². The second-order valence-electron chi connectivity index (χ2n) is 8.20. The quantitative estimate of drug-likeness (QED) is 0.720. The maximum Gasteiger partial charge on any atom is 0.387 e. The Bertz CT molecular complexity index is 770. The lowest BCUT2D eigenvalue weighted by molar-refractivity contribution is -0.0498. The summed E-state index contributed by atoms with van der Waals surface area (Å²) < 4.78 is 62.4. The number of nitrogens with one attached hydrogen (secondary N) is 1. The van der Waals surface area contributed by atoms with E-state index in [-0.39, 0.29) is 22.7 Å². The first-order valence-corrected chi connectivity index (χ1v) is 11.8. The van der Waals surface area contributed by atoms with Gasteiger partial charge in [-0.3, -0.25) is 0 Å². The summed E-state index contributed by atoms with van der Waals surface area (Å²) >= 11 is 0. The lowest BCUT2D eigenvalue weighted by atomic mass is 9.96. The molecular weight excluding hydrogens is 402 g/mol. The molecule has 0 saturated carbocycles. The summed E-state index contributed by atoms with van der Waals surface area (Å²) in [5.41, 5.74) is 0. The molecule has 1 unspecified atom stereocenters. The van der Waals surface area contributed by atoms with Crippen LogP contribution in [0.25, 0.3) is 0 Å². The summed E-state index contributed by atoms with van der Waals surface area (Å²) in [5, 5.41) is 3.66. The Morgan fingerprint density at radius 3 is 2.28 bits per heavy atom. The van der Waals surface area contributed by atoms with Crippen molar-refractivity contribution in [3.8, 4) is 5.75 Å². The molecule has 1 N–H and O–H groups in total.